The molecule has 0 saturated heterocycles. The summed E-state index contributed by atoms with van der Waals surface area (Å²) in [6, 6.07) is 0. The van der Waals surface area contributed by atoms with E-state index < -0.39 is 5.97 Å². The monoisotopic (exact) mass is 198 g/mol. The largest absolute Gasteiger partial charge is 0.465 e. The van der Waals surface area contributed by atoms with Gasteiger partial charge >= 0.3 is 5.97 Å². The summed E-state index contributed by atoms with van der Waals surface area (Å²) in [6.07, 6.45) is 5.69. The van der Waals surface area contributed by atoms with Crippen LogP contribution in [0.2, 0.25) is 0 Å². The molecule has 4 nitrogen and oxygen atoms in total. The maximum atomic E-state index is 5.50. The zero-order valence-electron chi connectivity index (χ0n) is 8.41. The molecule has 2 rings (SSSR count). The van der Waals surface area contributed by atoms with Crippen LogP contribution in [0.1, 0.15) is 12.8 Å². The maximum Gasteiger partial charge on any atom is 0.351 e. The number of hydrogen-bond acceptors (Lipinski definition) is 4. The number of methoxy groups -OCH3 is 2. The van der Waals surface area contributed by atoms with Crippen molar-refractivity contribution in [3.63, 3.8) is 0 Å². The lowest BCUT2D eigenvalue weighted by Gasteiger charge is -2.33. The van der Waals surface area contributed by atoms with Crippen LogP contribution < -0.4 is 0 Å². The van der Waals surface area contributed by atoms with E-state index >= 15 is 0 Å². The molecular formula is C10H14O4. The summed E-state index contributed by atoms with van der Waals surface area (Å²) in [7, 11) is 3.06. The summed E-state index contributed by atoms with van der Waals surface area (Å²) in [5.74, 6) is -0.585. The fraction of sp³-hybridized carbons (Fsp3) is 0.600. The minimum Gasteiger partial charge on any atom is -0.465 e. The SMILES string of the molecule is COC1(OC)C=CC2=C(OCCC2)O1. The average molecular weight is 198 g/mol. The summed E-state index contributed by atoms with van der Waals surface area (Å²) >= 11 is 0. The van der Waals surface area contributed by atoms with Crippen LogP contribution in [-0.2, 0) is 18.9 Å². The first-order chi connectivity index (χ1) is 6.79. The molecule has 0 atom stereocenters. The normalized spacial score (nSPS) is 23.9. The molecule has 0 aromatic carbocycles. The van der Waals surface area contributed by atoms with Gasteiger partial charge in [0.1, 0.15) is 0 Å². The van der Waals surface area contributed by atoms with Gasteiger partial charge in [-0.1, -0.05) is 0 Å². The second kappa shape index (κ2) is 3.63. The van der Waals surface area contributed by atoms with E-state index in [1.165, 1.54) is 14.2 Å². The quantitative estimate of drug-likeness (QED) is 0.631. The Bertz CT molecular complexity index is 276. The second-order valence-corrected chi connectivity index (χ2v) is 3.21. The Hall–Kier alpha value is -1.00. The van der Waals surface area contributed by atoms with Gasteiger partial charge in [-0.3, -0.25) is 0 Å². The lowest BCUT2D eigenvalue weighted by molar-refractivity contribution is -0.331. The number of hydrogen-bond donors (Lipinski definition) is 0. The molecule has 0 aromatic rings. The van der Waals surface area contributed by atoms with Crippen molar-refractivity contribution in [2.24, 2.45) is 0 Å². The highest BCUT2D eigenvalue weighted by atomic mass is 16.9. The molecule has 2 aliphatic heterocycles. The minimum absolute atomic E-state index is 0.530. The van der Waals surface area contributed by atoms with Crippen LogP contribution in [0.5, 0.6) is 0 Å². The van der Waals surface area contributed by atoms with Crippen molar-refractivity contribution in [3.05, 3.63) is 23.7 Å². The lowest BCUT2D eigenvalue weighted by atomic mass is 10.1. The highest BCUT2D eigenvalue weighted by molar-refractivity contribution is 5.25. The van der Waals surface area contributed by atoms with E-state index in [0.717, 1.165) is 18.4 Å². The first-order valence-electron chi connectivity index (χ1n) is 4.64. The molecule has 78 valence electrons. The van der Waals surface area contributed by atoms with Crippen LogP contribution in [0.4, 0.5) is 0 Å². The first-order valence-corrected chi connectivity index (χ1v) is 4.64. The van der Waals surface area contributed by atoms with Crippen molar-refractivity contribution in [3.8, 4) is 0 Å². The Labute approximate surface area is 83.1 Å². The van der Waals surface area contributed by atoms with Gasteiger partial charge in [0.15, 0.2) is 0 Å². The molecule has 0 fully saturated rings. The maximum absolute atomic E-state index is 5.50. The second-order valence-electron chi connectivity index (χ2n) is 3.21. The Morgan fingerprint density at radius 3 is 2.86 bits per heavy atom. The van der Waals surface area contributed by atoms with Crippen molar-refractivity contribution in [1.82, 2.24) is 0 Å². The molecular weight excluding hydrogens is 184 g/mol. The van der Waals surface area contributed by atoms with E-state index in [4.69, 9.17) is 18.9 Å². The van der Waals surface area contributed by atoms with Crippen molar-refractivity contribution in [2.45, 2.75) is 18.8 Å². The molecule has 0 aromatic heterocycles. The molecule has 0 N–H and O–H groups in total. The highest BCUT2D eigenvalue weighted by Crippen LogP contribution is 2.32. The summed E-state index contributed by atoms with van der Waals surface area (Å²) in [4.78, 5) is 0. The third-order valence-electron chi connectivity index (χ3n) is 2.38. The zero-order chi connectivity index (χ0) is 10.0. The van der Waals surface area contributed by atoms with Gasteiger partial charge in [-0.25, -0.2) is 0 Å². The molecule has 0 saturated carbocycles. The first kappa shape index (κ1) is 9.55. The fourth-order valence-corrected chi connectivity index (χ4v) is 1.54. The Balaban J connectivity index is 2.20. The number of ether oxygens (including phenoxy) is 4. The Kier molecular flexibility index (Phi) is 2.48. The topological polar surface area (TPSA) is 36.9 Å². The van der Waals surface area contributed by atoms with Crippen molar-refractivity contribution in [2.75, 3.05) is 20.8 Å². The summed E-state index contributed by atoms with van der Waals surface area (Å²) in [6.45, 7) is 0.691. The fourth-order valence-electron chi connectivity index (χ4n) is 1.54. The van der Waals surface area contributed by atoms with Gasteiger partial charge in [-0.15, -0.1) is 0 Å². The van der Waals surface area contributed by atoms with E-state index in [2.05, 4.69) is 0 Å². The standard InChI is InChI=1S/C10H14O4/c1-11-10(12-2)6-5-8-4-3-7-13-9(8)14-10/h5-6H,3-4,7H2,1-2H3. The van der Waals surface area contributed by atoms with Crippen LogP contribution in [0.25, 0.3) is 0 Å². The molecule has 0 aliphatic carbocycles. The molecule has 0 amide bonds. The van der Waals surface area contributed by atoms with Crippen molar-refractivity contribution in [1.29, 1.82) is 0 Å². The van der Waals surface area contributed by atoms with Gasteiger partial charge in [0, 0.05) is 25.9 Å². The number of allylic oxidation sites excluding steroid dienone is 2. The van der Waals surface area contributed by atoms with Crippen LogP contribution in [0.3, 0.4) is 0 Å². The van der Waals surface area contributed by atoms with E-state index in [1.807, 2.05) is 6.08 Å². The van der Waals surface area contributed by atoms with Gasteiger partial charge in [0.05, 0.1) is 6.61 Å². The summed E-state index contributed by atoms with van der Waals surface area (Å²) < 4.78 is 21.2. The van der Waals surface area contributed by atoms with E-state index in [-0.39, 0.29) is 0 Å². The van der Waals surface area contributed by atoms with Crippen LogP contribution in [0.15, 0.2) is 23.7 Å². The molecule has 0 unspecified atom stereocenters. The smallest absolute Gasteiger partial charge is 0.351 e. The summed E-state index contributed by atoms with van der Waals surface area (Å²) in [5, 5.41) is 0. The molecule has 2 heterocycles. The average Bonchev–Trinajstić information content (AvgIpc) is 2.28. The Morgan fingerprint density at radius 2 is 2.14 bits per heavy atom. The minimum atomic E-state index is -1.11. The molecule has 0 radical (unpaired) electrons. The zero-order valence-corrected chi connectivity index (χ0v) is 8.41. The van der Waals surface area contributed by atoms with Gasteiger partial charge in [0.2, 0.25) is 0 Å². The molecule has 4 heteroatoms. The van der Waals surface area contributed by atoms with E-state index in [1.54, 1.807) is 6.08 Å². The summed E-state index contributed by atoms with van der Waals surface area (Å²) in [5.41, 5.74) is 1.07. The van der Waals surface area contributed by atoms with Crippen LogP contribution in [-0.4, -0.2) is 26.8 Å². The van der Waals surface area contributed by atoms with Gasteiger partial charge < -0.3 is 18.9 Å². The predicted octanol–water partition coefficient (Wildman–Crippen LogP) is 1.54. The van der Waals surface area contributed by atoms with E-state index in [9.17, 15) is 0 Å². The van der Waals surface area contributed by atoms with Gasteiger partial charge in [0.25, 0.3) is 5.95 Å². The van der Waals surface area contributed by atoms with Crippen molar-refractivity contribution >= 4 is 0 Å². The Morgan fingerprint density at radius 1 is 1.36 bits per heavy atom. The molecule has 0 spiro atoms. The van der Waals surface area contributed by atoms with Gasteiger partial charge in [-0.2, -0.15) is 0 Å². The molecule has 0 bridgehead atoms. The predicted molar refractivity (Wildman–Crippen MR) is 49.2 cm³/mol. The van der Waals surface area contributed by atoms with Crippen LogP contribution >= 0.6 is 0 Å². The third-order valence-corrected chi connectivity index (χ3v) is 2.38. The van der Waals surface area contributed by atoms with Gasteiger partial charge in [-0.05, 0) is 18.9 Å². The van der Waals surface area contributed by atoms with Crippen LogP contribution in [0, 0.1) is 0 Å². The molecule has 2 aliphatic rings. The third kappa shape index (κ3) is 1.51. The van der Waals surface area contributed by atoms with Crippen molar-refractivity contribution < 1.29 is 18.9 Å². The molecule has 14 heavy (non-hydrogen) atoms. The highest BCUT2D eigenvalue weighted by Gasteiger charge is 2.35. The van der Waals surface area contributed by atoms with E-state index in [0.29, 0.717) is 12.6 Å². The number of rotatable bonds is 2. The lowest BCUT2D eigenvalue weighted by Crippen LogP contribution is -2.37.